The van der Waals surface area contributed by atoms with Gasteiger partial charge in [-0.15, -0.1) is 10.2 Å². The van der Waals surface area contributed by atoms with Gasteiger partial charge in [-0.05, 0) is 18.9 Å². The maximum atomic E-state index is 13.0. The maximum absolute atomic E-state index is 13.0. The molecular weight excluding hydrogens is 402 g/mol. The number of nitrogens with two attached hydrogens (primary N) is 1. The van der Waals surface area contributed by atoms with Gasteiger partial charge in [0.1, 0.15) is 0 Å². The van der Waals surface area contributed by atoms with Crippen LogP contribution < -0.4 is 11.2 Å². The number of anilines is 1. The van der Waals surface area contributed by atoms with E-state index in [1.807, 2.05) is 0 Å². The second-order valence-electron chi connectivity index (χ2n) is 7.25. The summed E-state index contributed by atoms with van der Waals surface area (Å²) in [6.07, 6.45) is 2.10. The third kappa shape index (κ3) is 3.07. The number of nitrogens with zero attached hydrogens (tertiary/aromatic N) is 3. The van der Waals surface area contributed by atoms with Crippen LogP contribution in [0.3, 0.4) is 0 Å². The highest BCUT2D eigenvalue weighted by Gasteiger charge is 2.32. The Morgan fingerprint density at radius 3 is 2.47 bits per heavy atom. The summed E-state index contributed by atoms with van der Waals surface area (Å²) >= 11 is 1.17. The minimum absolute atomic E-state index is 0.0440. The predicted molar refractivity (Wildman–Crippen MR) is 111 cm³/mol. The largest absolute Gasteiger partial charge is 0.336 e. The Bertz CT molecular complexity index is 1220. The number of hydrogen-bond acceptors (Lipinski definition) is 7. The van der Waals surface area contributed by atoms with Crippen LogP contribution >= 0.6 is 11.8 Å². The molecule has 8 nitrogen and oxygen atoms in total. The van der Waals surface area contributed by atoms with Gasteiger partial charge in [-0.25, -0.2) is 4.68 Å². The van der Waals surface area contributed by atoms with Crippen molar-refractivity contribution in [1.82, 2.24) is 14.9 Å². The zero-order valence-corrected chi connectivity index (χ0v) is 16.6. The van der Waals surface area contributed by atoms with Crippen LogP contribution in [0, 0.1) is 0 Å². The molecule has 3 N–H and O–H groups in total. The van der Waals surface area contributed by atoms with Crippen LogP contribution in [0.1, 0.15) is 56.4 Å². The fourth-order valence-electron chi connectivity index (χ4n) is 3.57. The summed E-state index contributed by atoms with van der Waals surface area (Å²) in [7, 11) is 0. The molecule has 2 aliphatic carbocycles. The summed E-state index contributed by atoms with van der Waals surface area (Å²) in [5, 5.41) is 11.3. The van der Waals surface area contributed by atoms with E-state index in [4.69, 9.17) is 5.84 Å². The number of benzene rings is 2. The molecule has 0 radical (unpaired) electrons. The molecule has 2 aromatic carbocycles. The smallest absolute Gasteiger partial charge is 0.234 e. The quantitative estimate of drug-likeness (QED) is 0.376. The molecule has 9 heteroatoms. The molecule has 30 heavy (non-hydrogen) atoms. The molecule has 3 aromatic rings. The third-order valence-corrected chi connectivity index (χ3v) is 6.14. The van der Waals surface area contributed by atoms with Crippen molar-refractivity contribution in [2.24, 2.45) is 0 Å². The molecule has 1 saturated carbocycles. The molecule has 0 spiro atoms. The lowest BCUT2D eigenvalue weighted by Crippen LogP contribution is -2.24. The lowest BCUT2D eigenvalue weighted by Gasteiger charge is -2.20. The molecule has 1 amide bonds. The van der Waals surface area contributed by atoms with E-state index in [1.54, 1.807) is 42.5 Å². The first-order chi connectivity index (χ1) is 14.5. The second kappa shape index (κ2) is 7.10. The van der Waals surface area contributed by atoms with E-state index in [0.29, 0.717) is 33.5 Å². The highest BCUT2D eigenvalue weighted by molar-refractivity contribution is 7.99. The van der Waals surface area contributed by atoms with Crippen molar-refractivity contribution in [3.63, 3.8) is 0 Å². The summed E-state index contributed by atoms with van der Waals surface area (Å²) in [5.41, 5.74) is 1.55. The first-order valence-corrected chi connectivity index (χ1v) is 10.5. The fourth-order valence-corrected chi connectivity index (χ4v) is 4.24. The molecule has 0 saturated heterocycles. The van der Waals surface area contributed by atoms with Crippen molar-refractivity contribution in [1.29, 1.82) is 0 Å². The molecule has 0 aliphatic heterocycles. The number of aromatic nitrogens is 3. The Hall–Kier alpha value is -3.46. The van der Waals surface area contributed by atoms with Gasteiger partial charge in [0.25, 0.3) is 0 Å². The first-order valence-electron chi connectivity index (χ1n) is 9.49. The lowest BCUT2D eigenvalue weighted by atomic mass is 9.83. The van der Waals surface area contributed by atoms with Gasteiger partial charge >= 0.3 is 0 Å². The average Bonchev–Trinajstić information content (AvgIpc) is 3.53. The minimum atomic E-state index is -0.330. The predicted octanol–water partition coefficient (Wildman–Crippen LogP) is 2.38. The SMILES string of the molecule is Nn1c(SCC(=O)Nc2cccc3c2C(=O)c2ccccc2C3=O)nnc1C1CC1. The fraction of sp³-hybridized carbons (Fsp3) is 0.190. The highest BCUT2D eigenvalue weighted by atomic mass is 32.2. The molecule has 0 atom stereocenters. The average molecular weight is 419 g/mol. The van der Waals surface area contributed by atoms with Crippen LogP contribution in [0.2, 0.25) is 0 Å². The number of nitrogen functional groups attached to an aromatic ring is 1. The number of amides is 1. The van der Waals surface area contributed by atoms with Gasteiger partial charge < -0.3 is 11.2 Å². The maximum Gasteiger partial charge on any atom is 0.234 e. The Kier molecular flexibility index (Phi) is 4.39. The normalized spacial score (nSPS) is 14.9. The monoisotopic (exact) mass is 419 g/mol. The van der Waals surface area contributed by atoms with Crippen molar-refractivity contribution in [2.45, 2.75) is 23.9 Å². The van der Waals surface area contributed by atoms with Crippen LogP contribution in [0.4, 0.5) is 5.69 Å². The number of hydrogen-bond donors (Lipinski definition) is 2. The van der Waals surface area contributed by atoms with E-state index in [-0.39, 0.29) is 28.8 Å². The van der Waals surface area contributed by atoms with E-state index >= 15 is 0 Å². The zero-order chi connectivity index (χ0) is 20.8. The number of nitrogens with one attached hydrogen (secondary N) is 1. The van der Waals surface area contributed by atoms with Gasteiger partial charge in [0.05, 0.1) is 17.0 Å². The first kappa shape index (κ1) is 18.6. The standard InChI is InChI=1S/C21H17N5O3S/c22-26-20(11-8-9-11)24-25-21(26)30-10-16(27)23-15-7-3-6-14-17(15)19(29)13-5-2-1-4-12(13)18(14)28/h1-7,11H,8-10,22H2,(H,23,27). The van der Waals surface area contributed by atoms with Crippen molar-refractivity contribution < 1.29 is 14.4 Å². The topological polar surface area (TPSA) is 120 Å². The van der Waals surface area contributed by atoms with E-state index < -0.39 is 0 Å². The molecule has 1 fully saturated rings. The minimum Gasteiger partial charge on any atom is -0.336 e. The van der Waals surface area contributed by atoms with E-state index in [0.717, 1.165) is 18.7 Å². The molecule has 2 aliphatic rings. The number of rotatable bonds is 5. The Labute approximate surface area is 175 Å². The van der Waals surface area contributed by atoms with E-state index in [9.17, 15) is 14.4 Å². The van der Waals surface area contributed by atoms with Gasteiger partial charge in [-0.3, -0.25) is 14.4 Å². The van der Waals surface area contributed by atoms with Crippen molar-refractivity contribution in [3.8, 4) is 0 Å². The summed E-state index contributed by atoms with van der Waals surface area (Å²) < 4.78 is 1.43. The summed E-state index contributed by atoms with van der Waals surface area (Å²) in [6, 6.07) is 11.6. The van der Waals surface area contributed by atoms with Crippen LogP contribution in [0.25, 0.3) is 0 Å². The summed E-state index contributed by atoms with van der Waals surface area (Å²) in [6.45, 7) is 0. The highest BCUT2D eigenvalue weighted by Crippen LogP contribution is 2.39. The van der Waals surface area contributed by atoms with Crippen molar-refractivity contribution in [3.05, 3.63) is 70.5 Å². The summed E-state index contributed by atoms with van der Waals surface area (Å²) in [5.74, 6) is 6.31. The molecule has 0 unspecified atom stereocenters. The second-order valence-corrected chi connectivity index (χ2v) is 8.20. The third-order valence-electron chi connectivity index (χ3n) is 5.19. The number of carbonyl (C=O) groups excluding carboxylic acids is 3. The van der Waals surface area contributed by atoms with Crippen LogP contribution in [-0.4, -0.2) is 38.1 Å². The number of ketones is 2. The molecule has 150 valence electrons. The lowest BCUT2D eigenvalue weighted by molar-refractivity contribution is -0.113. The molecular formula is C21H17N5O3S. The molecule has 1 aromatic heterocycles. The van der Waals surface area contributed by atoms with Gasteiger partial charge in [0.2, 0.25) is 11.1 Å². The van der Waals surface area contributed by atoms with Crippen LogP contribution in [0.5, 0.6) is 0 Å². The molecule has 0 bridgehead atoms. The van der Waals surface area contributed by atoms with Gasteiger partial charge in [0, 0.05) is 22.6 Å². The Morgan fingerprint density at radius 1 is 1.03 bits per heavy atom. The Balaban J connectivity index is 1.35. The Morgan fingerprint density at radius 2 is 1.73 bits per heavy atom. The van der Waals surface area contributed by atoms with Crippen molar-refractivity contribution in [2.75, 3.05) is 16.9 Å². The van der Waals surface area contributed by atoms with Crippen LogP contribution in [0.15, 0.2) is 47.6 Å². The number of fused-ring (bicyclic) bond motifs is 2. The zero-order valence-electron chi connectivity index (χ0n) is 15.8. The van der Waals surface area contributed by atoms with Crippen molar-refractivity contribution >= 4 is 34.9 Å². The van der Waals surface area contributed by atoms with E-state index in [1.165, 1.54) is 16.4 Å². The van der Waals surface area contributed by atoms with Gasteiger partial charge in [-0.1, -0.05) is 48.2 Å². The number of thioether (sulfide) groups is 1. The molecule has 1 heterocycles. The van der Waals surface area contributed by atoms with Gasteiger partial charge in [-0.2, -0.15) is 0 Å². The van der Waals surface area contributed by atoms with E-state index in [2.05, 4.69) is 15.5 Å². The summed E-state index contributed by atoms with van der Waals surface area (Å²) in [4.78, 5) is 38.3. The van der Waals surface area contributed by atoms with Gasteiger partial charge in [0.15, 0.2) is 17.4 Å². The molecule has 5 rings (SSSR count). The van der Waals surface area contributed by atoms with Crippen LogP contribution in [-0.2, 0) is 4.79 Å². The number of carbonyl (C=O) groups is 3.